The fourth-order valence-corrected chi connectivity index (χ4v) is 3.88. The number of hydrogen-bond donors (Lipinski definition) is 1. The summed E-state index contributed by atoms with van der Waals surface area (Å²) in [6.07, 6.45) is 4.79. The third-order valence-corrected chi connectivity index (χ3v) is 5.07. The van der Waals surface area contributed by atoms with Crippen molar-refractivity contribution in [3.63, 3.8) is 0 Å². The fraction of sp³-hybridized carbons (Fsp3) is 0.714. The predicted molar refractivity (Wildman–Crippen MR) is 81.3 cm³/mol. The van der Waals surface area contributed by atoms with Crippen LogP contribution in [-0.2, 0) is 20.9 Å². The summed E-state index contributed by atoms with van der Waals surface area (Å²) in [4.78, 5) is 26.3. The van der Waals surface area contributed by atoms with E-state index in [9.17, 15) is 9.59 Å². The van der Waals surface area contributed by atoms with Gasteiger partial charge in [-0.1, -0.05) is 24.2 Å². The highest BCUT2D eigenvalue weighted by atomic mass is 32.1. The van der Waals surface area contributed by atoms with Gasteiger partial charge in [0.1, 0.15) is 11.6 Å². The van der Waals surface area contributed by atoms with Crippen LogP contribution in [0.2, 0.25) is 0 Å². The standard InChI is InChI=1S/C14H20N4O3S/c1-21-8-11-16-17-14(22-11)15-13(20)9-6-12(19)18(7-9)10-4-2-3-5-10/h9-10H,2-8H2,1H3,(H,15,17,20)/t9-/m1/s1. The molecule has 1 aliphatic heterocycles. The highest BCUT2D eigenvalue weighted by Gasteiger charge is 2.38. The number of rotatable bonds is 5. The first-order valence-corrected chi connectivity index (χ1v) is 8.40. The van der Waals surface area contributed by atoms with Gasteiger partial charge in [0.2, 0.25) is 16.9 Å². The summed E-state index contributed by atoms with van der Waals surface area (Å²) in [6.45, 7) is 0.907. The lowest BCUT2D eigenvalue weighted by Crippen LogP contribution is -2.35. The molecule has 7 nitrogen and oxygen atoms in total. The van der Waals surface area contributed by atoms with E-state index in [-0.39, 0.29) is 17.7 Å². The highest BCUT2D eigenvalue weighted by molar-refractivity contribution is 7.15. The number of anilines is 1. The number of nitrogens with one attached hydrogen (secondary N) is 1. The number of aromatic nitrogens is 2. The zero-order chi connectivity index (χ0) is 15.5. The molecule has 0 radical (unpaired) electrons. The predicted octanol–water partition coefficient (Wildman–Crippen LogP) is 1.41. The Morgan fingerprint density at radius 2 is 2.18 bits per heavy atom. The maximum absolute atomic E-state index is 12.3. The van der Waals surface area contributed by atoms with Crippen molar-refractivity contribution in [3.05, 3.63) is 5.01 Å². The van der Waals surface area contributed by atoms with Crippen LogP contribution in [0.25, 0.3) is 0 Å². The van der Waals surface area contributed by atoms with Crippen LogP contribution in [0.3, 0.4) is 0 Å². The lowest BCUT2D eigenvalue weighted by atomic mass is 10.1. The normalized spacial score (nSPS) is 22.5. The van der Waals surface area contributed by atoms with Crippen LogP contribution in [0.4, 0.5) is 5.13 Å². The third-order valence-electron chi connectivity index (χ3n) is 4.26. The van der Waals surface area contributed by atoms with Gasteiger partial charge in [-0.3, -0.25) is 9.59 Å². The molecule has 0 spiro atoms. The van der Waals surface area contributed by atoms with Gasteiger partial charge in [-0.2, -0.15) is 0 Å². The Bertz CT molecular complexity index is 556. The van der Waals surface area contributed by atoms with E-state index in [0.29, 0.717) is 35.8 Å². The van der Waals surface area contributed by atoms with Crippen molar-refractivity contribution in [3.8, 4) is 0 Å². The molecule has 0 aromatic carbocycles. The number of carbonyl (C=O) groups excluding carboxylic acids is 2. The summed E-state index contributed by atoms with van der Waals surface area (Å²) in [6, 6.07) is 0.333. The Labute approximate surface area is 133 Å². The van der Waals surface area contributed by atoms with Gasteiger partial charge in [-0.25, -0.2) is 0 Å². The van der Waals surface area contributed by atoms with Crippen LogP contribution < -0.4 is 5.32 Å². The van der Waals surface area contributed by atoms with Crippen molar-refractivity contribution in [1.29, 1.82) is 0 Å². The molecule has 1 saturated heterocycles. The first kappa shape index (κ1) is 15.4. The summed E-state index contributed by atoms with van der Waals surface area (Å²) in [5, 5.41) is 11.8. The average molecular weight is 324 g/mol. The summed E-state index contributed by atoms with van der Waals surface area (Å²) < 4.78 is 4.97. The summed E-state index contributed by atoms with van der Waals surface area (Å²) >= 11 is 1.29. The molecule has 1 aromatic rings. The largest absolute Gasteiger partial charge is 0.377 e. The maximum atomic E-state index is 12.3. The molecule has 2 fully saturated rings. The SMILES string of the molecule is COCc1nnc(NC(=O)[C@@H]2CC(=O)N(C3CCCC3)C2)s1. The molecular weight excluding hydrogens is 304 g/mol. The van der Waals surface area contributed by atoms with Crippen molar-refractivity contribution in [1.82, 2.24) is 15.1 Å². The van der Waals surface area contributed by atoms with E-state index in [1.54, 1.807) is 7.11 Å². The van der Waals surface area contributed by atoms with Gasteiger partial charge < -0.3 is 15.0 Å². The quantitative estimate of drug-likeness (QED) is 0.885. The zero-order valence-electron chi connectivity index (χ0n) is 12.6. The molecule has 2 heterocycles. The molecular formula is C14H20N4O3S. The van der Waals surface area contributed by atoms with Crippen LogP contribution in [0.5, 0.6) is 0 Å². The van der Waals surface area contributed by atoms with Gasteiger partial charge in [-0.15, -0.1) is 10.2 Å². The van der Waals surface area contributed by atoms with Gasteiger partial charge in [-0.05, 0) is 12.8 Å². The second-order valence-electron chi connectivity index (χ2n) is 5.81. The molecule has 22 heavy (non-hydrogen) atoms. The molecule has 1 aromatic heterocycles. The minimum absolute atomic E-state index is 0.101. The maximum Gasteiger partial charge on any atom is 0.231 e. The van der Waals surface area contributed by atoms with Crippen molar-refractivity contribution >= 4 is 28.3 Å². The fourth-order valence-electron chi connectivity index (χ4n) is 3.17. The second kappa shape index (κ2) is 6.70. The molecule has 1 aliphatic carbocycles. The minimum atomic E-state index is -0.289. The van der Waals surface area contributed by atoms with Crippen molar-refractivity contribution in [2.45, 2.75) is 44.8 Å². The van der Waals surface area contributed by atoms with E-state index in [1.165, 1.54) is 24.2 Å². The number of ether oxygens (including phenoxy) is 1. The number of hydrogen-bond acceptors (Lipinski definition) is 6. The molecule has 3 rings (SSSR count). The Morgan fingerprint density at radius 3 is 2.91 bits per heavy atom. The zero-order valence-corrected chi connectivity index (χ0v) is 13.4. The number of nitrogens with zero attached hydrogens (tertiary/aromatic N) is 3. The van der Waals surface area contributed by atoms with E-state index in [2.05, 4.69) is 15.5 Å². The monoisotopic (exact) mass is 324 g/mol. The van der Waals surface area contributed by atoms with Crippen molar-refractivity contribution in [2.75, 3.05) is 19.0 Å². The number of likely N-dealkylation sites (tertiary alicyclic amines) is 1. The van der Waals surface area contributed by atoms with Crippen LogP contribution in [0.1, 0.15) is 37.1 Å². The van der Waals surface area contributed by atoms with Gasteiger partial charge in [0.15, 0.2) is 0 Å². The van der Waals surface area contributed by atoms with E-state index < -0.39 is 0 Å². The van der Waals surface area contributed by atoms with Crippen LogP contribution in [-0.4, -0.2) is 46.6 Å². The van der Waals surface area contributed by atoms with E-state index >= 15 is 0 Å². The molecule has 2 aliphatic rings. The number of amides is 2. The molecule has 1 saturated carbocycles. The Morgan fingerprint density at radius 1 is 1.41 bits per heavy atom. The van der Waals surface area contributed by atoms with Gasteiger partial charge >= 0.3 is 0 Å². The van der Waals surface area contributed by atoms with Gasteiger partial charge in [0, 0.05) is 26.1 Å². The molecule has 2 amide bonds. The first-order valence-electron chi connectivity index (χ1n) is 7.59. The molecule has 120 valence electrons. The number of carbonyl (C=O) groups is 2. The Hall–Kier alpha value is -1.54. The van der Waals surface area contributed by atoms with Gasteiger partial charge in [0.05, 0.1) is 5.92 Å². The van der Waals surface area contributed by atoms with E-state index in [4.69, 9.17) is 4.74 Å². The summed E-state index contributed by atoms with van der Waals surface area (Å²) in [5.41, 5.74) is 0. The second-order valence-corrected chi connectivity index (χ2v) is 6.87. The van der Waals surface area contributed by atoms with Crippen molar-refractivity contribution in [2.24, 2.45) is 5.92 Å². The lowest BCUT2D eigenvalue weighted by molar-refractivity contribution is -0.129. The van der Waals surface area contributed by atoms with Gasteiger partial charge in [0.25, 0.3) is 0 Å². The lowest BCUT2D eigenvalue weighted by Gasteiger charge is -2.23. The average Bonchev–Trinajstić information content (AvgIpc) is 3.19. The Kier molecular flexibility index (Phi) is 4.68. The molecule has 1 N–H and O–H groups in total. The summed E-state index contributed by atoms with van der Waals surface area (Å²) in [7, 11) is 1.58. The molecule has 8 heteroatoms. The van der Waals surface area contributed by atoms with E-state index in [0.717, 1.165) is 12.8 Å². The van der Waals surface area contributed by atoms with Crippen LogP contribution >= 0.6 is 11.3 Å². The Balaban J connectivity index is 1.57. The van der Waals surface area contributed by atoms with Crippen LogP contribution in [0.15, 0.2) is 0 Å². The molecule has 0 bridgehead atoms. The number of methoxy groups -OCH3 is 1. The summed E-state index contributed by atoms with van der Waals surface area (Å²) in [5.74, 6) is -0.332. The smallest absolute Gasteiger partial charge is 0.231 e. The molecule has 1 atom stereocenters. The topological polar surface area (TPSA) is 84.4 Å². The molecule has 0 unspecified atom stereocenters. The first-order chi connectivity index (χ1) is 10.7. The third kappa shape index (κ3) is 3.27. The van der Waals surface area contributed by atoms with E-state index in [1.807, 2.05) is 4.90 Å². The van der Waals surface area contributed by atoms with Crippen LogP contribution in [0, 0.1) is 5.92 Å². The van der Waals surface area contributed by atoms with Crippen molar-refractivity contribution < 1.29 is 14.3 Å². The highest BCUT2D eigenvalue weighted by Crippen LogP contribution is 2.30. The minimum Gasteiger partial charge on any atom is -0.377 e.